The largest absolute Gasteiger partial charge is 0.380 e. The van der Waals surface area contributed by atoms with Gasteiger partial charge in [-0.2, -0.15) is 0 Å². The molecule has 2 aliphatic rings. The van der Waals surface area contributed by atoms with E-state index in [2.05, 4.69) is 26.7 Å². The summed E-state index contributed by atoms with van der Waals surface area (Å²) in [6, 6.07) is 8.04. The molecule has 4 rings (SSSR count). The molecule has 0 unspecified atom stereocenters. The van der Waals surface area contributed by atoms with Crippen molar-refractivity contribution in [2.45, 2.75) is 38.5 Å². The average Bonchev–Trinajstić information content (AvgIpc) is 3.21. The van der Waals surface area contributed by atoms with Gasteiger partial charge in [-0.25, -0.2) is 0 Å². The van der Waals surface area contributed by atoms with Gasteiger partial charge in [0.15, 0.2) is 0 Å². The molecule has 2 aromatic rings. The first-order valence-corrected chi connectivity index (χ1v) is 9.66. The summed E-state index contributed by atoms with van der Waals surface area (Å²) >= 11 is 0. The minimum atomic E-state index is 0.0808. The minimum absolute atomic E-state index is 0.0808. The van der Waals surface area contributed by atoms with E-state index in [9.17, 15) is 4.79 Å². The fraction of sp³-hybridized carbons (Fsp3) is 0.550. The number of nitrogens with zero attached hydrogens (tertiary/aromatic N) is 5. The lowest BCUT2D eigenvalue weighted by Crippen LogP contribution is -2.34. The fourth-order valence-electron chi connectivity index (χ4n) is 4.12. The Labute approximate surface area is 159 Å². The van der Waals surface area contributed by atoms with Crippen LogP contribution in [0.5, 0.6) is 0 Å². The molecule has 7 heteroatoms. The van der Waals surface area contributed by atoms with Gasteiger partial charge in [-0.05, 0) is 44.1 Å². The van der Waals surface area contributed by atoms with Crippen LogP contribution < -0.4 is 0 Å². The number of amides is 1. The smallest absolute Gasteiger partial charge is 0.253 e. The summed E-state index contributed by atoms with van der Waals surface area (Å²) in [6.07, 6.45) is 3.08. The van der Waals surface area contributed by atoms with Crippen LogP contribution in [-0.2, 0) is 24.3 Å². The lowest BCUT2D eigenvalue weighted by Gasteiger charge is -2.22. The fourth-order valence-corrected chi connectivity index (χ4v) is 4.12. The Kier molecular flexibility index (Phi) is 5.22. The van der Waals surface area contributed by atoms with Crippen molar-refractivity contribution >= 4 is 5.91 Å². The highest BCUT2D eigenvalue weighted by Crippen LogP contribution is 2.30. The van der Waals surface area contributed by atoms with Crippen molar-refractivity contribution in [2.75, 3.05) is 33.8 Å². The van der Waals surface area contributed by atoms with E-state index < -0.39 is 0 Å². The van der Waals surface area contributed by atoms with Gasteiger partial charge in [0.05, 0.1) is 12.6 Å². The molecule has 0 bridgehead atoms. The van der Waals surface area contributed by atoms with Crippen molar-refractivity contribution in [2.24, 2.45) is 0 Å². The molecule has 0 radical (unpaired) electrons. The molecule has 2 aliphatic heterocycles. The second-order valence-corrected chi connectivity index (χ2v) is 7.44. The summed E-state index contributed by atoms with van der Waals surface area (Å²) in [4.78, 5) is 17.2. The summed E-state index contributed by atoms with van der Waals surface area (Å²) in [7, 11) is 3.82. The van der Waals surface area contributed by atoms with E-state index in [1.165, 1.54) is 6.42 Å². The predicted molar refractivity (Wildman–Crippen MR) is 101 cm³/mol. The molecule has 0 spiro atoms. The molecular formula is C20H27N5O2. The van der Waals surface area contributed by atoms with E-state index in [1.54, 1.807) is 7.11 Å². The number of carbonyl (C=O) groups excluding carboxylic acids is 1. The third-order valence-electron chi connectivity index (χ3n) is 5.67. The van der Waals surface area contributed by atoms with E-state index in [0.717, 1.165) is 48.7 Å². The first-order chi connectivity index (χ1) is 13.2. The van der Waals surface area contributed by atoms with Gasteiger partial charge in [-0.1, -0.05) is 12.1 Å². The zero-order chi connectivity index (χ0) is 18.8. The molecule has 1 aromatic carbocycles. The van der Waals surface area contributed by atoms with Crippen molar-refractivity contribution in [3.05, 3.63) is 47.0 Å². The van der Waals surface area contributed by atoms with Crippen LogP contribution in [0.15, 0.2) is 24.3 Å². The second-order valence-electron chi connectivity index (χ2n) is 7.44. The molecule has 0 saturated carbocycles. The summed E-state index contributed by atoms with van der Waals surface area (Å²) in [5, 5.41) is 8.91. The molecule has 1 fully saturated rings. The molecule has 1 saturated heterocycles. The van der Waals surface area contributed by atoms with Gasteiger partial charge in [0.25, 0.3) is 5.91 Å². The highest BCUT2D eigenvalue weighted by Gasteiger charge is 2.30. The minimum Gasteiger partial charge on any atom is -0.380 e. The Morgan fingerprint density at radius 2 is 1.96 bits per heavy atom. The van der Waals surface area contributed by atoms with E-state index in [-0.39, 0.29) is 5.91 Å². The molecule has 7 nitrogen and oxygen atoms in total. The van der Waals surface area contributed by atoms with Crippen molar-refractivity contribution in [1.82, 2.24) is 24.6 Å². The Morgan fingerprint density at radius 3 is 2.67 bits per heavy atom. The SMILES string of the molecule is COCc1ccc(C(=O)N2CCc3nnc([C@H]4CCCN4C)n3CC2)cc1. The monoisotopic (exact) mass is 369 g/mol. The molecule has 0 N–H and O–H groups in total. The Hall–Kier alpha value is -2.25. The van der Waals surface area contributed by atoms with Gasteiger partial charge in [0.2, 0.25) is 0 Å². The summed E-state index contributed by atoms with van der Waals surface area (Å²) in [5.74, 6) is 2.14. The molecule has 1 amide bonds. The maximum Gasteiger partial charge on any atom is 0.253 e. The van der Waals surface area contributed by atoms with Crippen LogP contribution in [0, 0.1) is 0 Å². The first kappa shape index (κ1) is 18.1. The number of carbonyl (C=O) groups is 1. The topological polar surface area (TPSA) is 63.5 Å². The van der Waals surface area contributed by atoms with Crippen molar-refractivity contribution in [3.8, 4) is 0 Å². The van der Waals surface area contributed by atoms with Crippen LogP contribution in [0.4, 0.5) is 0 Å². The highest BCUT2D eigenvalue weighted by molar-refractivity contribution is 5.94. The molecule has 0 aliphatic carbocycles. The van der Waals surface area contributed by atoms with Gasteiger partial charge < -0.3 is 14.2 Å². The zero-order valence-electron chi connectivity index (χ0n) is 16.1. The van der Waals surface area contributed by atoms with Crippen LogP contribution in [-0.4, -0.2) is 64.3 Å². The lowest BCUT2D eigenvalue weighted by atomic mass is 10.1. The number of methoxy groups -OCH3 is 1. The summed E-state index contributed by atoms with van der Waals surface area (Å²) < 4.78 is 7.37. The molecular weight excluding hydrogens is 342 g/mol. The van der Waals surface area contributed by atoms with Crippen molar-refractivity contribution in [1.29, 1.82) is 0 Å². The highest BCUT2D eigenvalue weighted by atomic mass is 16.5. The number of fused-ring (bicyclic) bond motifs is 1. The molecule has 3 heterocycles. The van der Waals surface area contributed by atoms with E-state index in [4.69, 9.17) is 4.74 Å². The molecule has 144 valence electrons. The van der Waals surface area contributed by atoms with E-state index >= 15 is 0 Å². The van der Waals surface area contributed by atoms with Crippen molar-refractivity contribution in [3.63, 3.8) is 0 Å². The molecule has 1 aromatic heterocycles. The normalized spacial score (nSPS) is 20.5. The number of aromatic nitrogens is 3. The summed E-state index contributed by atoms with van der Waals surface area (Å²) in [5.41, 5.74) is 1.80. The number of hydrogen-bond acceptors (Lipinski definition) is 5. The van der Waals surface area contributed by atoms with Gasteiger partial charge >= 0.3 is 0 Å². The predicted octanol–water partition coefficient (Wildman–Crippen LogP) is 1.89. The van der Waals surface area contributed by atoms with Gasteiger partial charge in [-0.15, -0.1) is 10.2 Å². The maximum absolute atomic E-state index is 12.9. The lowest BCUT2D eigenvalue weighted by molar-refractivity contribution is 0.0758. The Bertz CT molecular complexity index is 801. The third kappa shape index (κ3) is 3.61. The first-order valence-electron chi connectivity index (χ1n) is 9.66. The third-order valence-corrected chi connectivity index (χ3v) is 5.67. The quantitative estimate of drug-likeness (QED) is 0.824. The van der Waals surface area contributed by atoms with Crippen LogP contribution in [0.3, 0.4) is 0 Å². The van der Waals surface area contributed by atoms with Gasteiger partial charge in [0.1, 0.15) is 11.6 Å². The van der Waals surface area contributed by atoms with Crippen LogP contribution in [0.2, 0.25) is 0 Å². The number of hydrogen-bond donors (Lipinski definition) is 0. The number of benzene rings is 1. The van der Waals surface area contributed by atoms with Gasteiger partial charge in [-0.3, -0.25) is 9.69 Å². The molecule has 1 atom stereocenters. The Balaban J connectivity index is 1.47. The van der Waals surface area contributed by atoms with E-state index in [1.807, 2.05) is 29.2 Å². The van der Waals surface area contributed by atoms with Crippen LogP contribution in [0.25, 0.3) is 0 Å². The zero-order valence-corrected chi connectivity index (χ0v) is 16.1. The van der Waals surface area contributed by atoms with Crippen molar-refractivity contribution < 1.29 is 9.53 Å². The standard InChI is InChI=1S/C20H27N5O2/c1-23-10-3-4-17(23)19-22-21-18-9-11-24(12-13-25(18)19)20(26)16-7-5-15(6-8-16)14-27-2/h5-8,17H,3-4,9-14H2,1-2H3/t17-/m1/s1. The molecule has 27 heavy (non-hydrogen) atoms. The number of rotatable bonds is 4. The number of likely N-dealkylation sites (tertiary alicyclic amines) is 1. The average molecular weight is 369 g/mol. The maximum atomic E-state index is 12.9. The van der Waals surface area contributed by atoms with Crippen LogP contribution in [0.1, 0.15) is 46.5 Å². The second kappa shape index (κ2) is 7.78. The number of ether oxygens (including phenoxy) is 1. The van der Waals surface area contributed by atoms with E-state index in [0.29, 0.717) is 25.7 Å². The summed E-state index contributed by atoms with van der Waals surface area (Å²) in [6.45, 7) is 3.79. The Morgan fingerprint density at radius 1 is 1.15 bits per heavy atom. The van der Waals surface area contributed by atoms with Gasteiger partial charge in [0, 0.05) is 38.7 Å². The van der Waals surface area contributed by atoms with Crippen LogP contribution >= 0.6 is 0 Å².